The van der Waals surface area contributed by atoms with E-state index in [4.69, 9.17) is 9.26 Å². The van der Waals surface area contributed by atoms with Crippen molar-refractivity contribution in [2.24, 2.45) is 0 Å². The van der Waals surface area contributed by atoms with Gasteiger partial charge in [0.25, 0.3) is 0 Å². The number of benzene rings is 1. The van der Waals surface area contributed by atoms with Gasteiger partial charge < -0.3 is 14.2 Å². The minimum Gasteiger partial charge on any atom is -0.497 e. The fraction of sp³-hybridized carbons (Fsp3) is 0.421. The molecule has 2 amide bonds. The van der Waals surface area contributed by atoms with Gasteiger partial charge in [-0.05, 0) is 37.5 Å². The second-order valence-corrected chi connectivity index (χ2v) is 6.41. The van der Waals surface area contributed by atoms with Gasteiger partial charge in [0.1, 0.15) is 11.5 Å². The number of hydrogen-bond donors (Lipinski definition) is 1. The molecule has 0 bridgehead atoms. The van der Waals surface area contributed by atoms with Crippen molar-refractivity contribution in [3.8, 4) is 5.75 Å². The largest absolute Gasteiger partial charge is 0.497 e. The van der Waals surface area contributed by atoms with E-state index < -0.39 is 11.8 Å². The van der Waals surface area contributed by atoms with Crippen LogP contribution in [-0.2, 0) is 9.59 Å². The molecule has 1 unspecified atom stereocenters. The number of nitrogens with one attached hydrogen (secondary N) is 1. The van der Waals surface area contributed by atoms with Crippen LogP contribution < -0.4 is 10.1 Å². The monoisotopic (exact) mass is 357 g/mol. The van der Waals surface area contributed by atoms with Gasteiger partial charge in [-0.25, -0.2) is 0 Å². The molecule has 2 aromatic rings. The third kappa shape index (κ3) is 4.04. The van der Waals surface area contributed by atoms with Crippen molar-refractivity contribution >= 4 is 17.6 Å². The lowest BCUT2D eigenvalue weighted by molar-refractivity contribution is -0.144. The Labute approximate surface area is 152 Å². The zero-order valence-electron chi connectivity index (χ0n) is 15.0. The first-order valence-corrected chi connectivity index (χ1v) is 8.77. The number of amides is 2. The molecule has 1 N–H and O–H groups in total. The van der Waals surface area contributed by atoms with Crippen LogP contribution in [0.25, 0.3) is 0 Å². The number of likely N-dealkylation sites (tertiary alicyclic amines) is 1. The topological polar surface area (TPSA) is 84.7 Å². The minimum absolute atomic E-state index is 0.124. The highest BCUT2D eigenvalue weighted by molar-refractivity contribution is 6.39. The molecule has 0 saturated carbocycles. The van der Waals surface area contributed by atoms with Crippen molar-refractivity contribution in [3.63, 3.8) is 0 Å². The van der Waals surface area contributed by atoms with Gasteiger partial charge in [-0.1, -0.05) is 30.1 Å². The molecule has 138 valence electrons. The summed E-state index contributed by atoms with van der Waals surface area (Å²) < 4.78 is 10.1. The Morgan fingerprint density at radius 3 is 2.65 bits per heavy atom. The third-order valence-corrected chi connectivity index (χ3v) is 4.58. The first kappa shape index (κ1) is 18.0. The summed E-state index contributed by atoms with van der Waals surface area (Å²) in [6.07, 6.45) is 3.77. The van der Waals surface area contributed by atoms with Gasteiger partial charge >= 0.3 is 11.8 Å². The van der Waals surface area contributed by atoms with Gasteiger partial charge in [0.2, 0.25) is 0 Å². The van der Waals surface area contributed by atoms with Crippen molar-refractivity contribution in [2.75, 3.05) is 19.0 Å². The Hall–Kier alpha value is -2.83. The molecule has 1 aromatic heterocycles. The van der Waals surface area contributed by atoms with E-state index in [0.717, 1.165) is 37.0 Å². The van der Waals surface area contributed by atoms with Crippen LogP contribution in [0.2, 0.25) is 0 Å². The highest BCUT2D eigenvalue weighted by Gasteiger charge is 2.31. The molecule has 7 heteroatoms. The summed E-state index contributed by atoms with van der Waals surface area (Å²) in [6.45, 7) is 2.28. The van der Waals surface area contributed by atoms with E-state index in [0.29, 0.717) is 12.3 Å². The molecule has 0 radical (unpaired) electrons. The quantitative estimate of drug-likeness (QED) is 0.854. The van der Waals surface area contributed by atoms with Crippen molar-refractivity contribution in [2.45, 2.75) is 38.6 Å². The summed E-state index contributed by atoms with van der Waals surface area (Å²) in [6, 6.07) is 9.11. The summed E-state index contributed by atoms with van der Waals surface area (Å²) >= 11 is 0. The molecule has 2 heterocycles. The molecule has 1 aliphatic rings. The maximum Gasteiger partial charge on any atom is 0.315 e. The standard InChI is InChI=1S/C19H23N3O4/c1-13-12-17(21-26-13)20-18(23)19(24)22-11-5-3-4-6-16(22)14-7-9-15(25-2)10-8-14/h7-10,12,16H,3-6,11H2,1-2H3,(H,20,21,23). The summed E-state index contributed by atoms with van der Waals surface area (Å²) in [5.74, 6) is 0.335. The van der Waals surface area contributed by atoms with Crippen LogP contribution in [0.1, 0.15) is 43.0 Å². The SMILES string of the molecule is COc1ccc(C2CCCCCN2C(=O)C(=O)Nc2cc(C)on2)cc1. The van der Waals surface area contributed by atoms with E-state index in [9.17, 15) is 9.59 Å². The van der Waals surface area contributed by atoms with E-state index in [1.165, 1.54) is 0 Å². The molecule has 1 atom stereocenters. The van der Waals surface area contributed by atoms with Crippen molar-refractivity contribution in [1.82, 2.24) is 10.1 Å². The average molecular weight is 357 g/mol. The molecule has 26 heavy (non-hydrogen) atoms. The Bertz CT molecular complexity index is 769. The van der Waals surface area contributed by atoms with Crippen molar-refractivity contribution < 1.29 is 18.8 Å². The fourth-order valence-corrected chi connectivity index (χ4v) is 3.25. The van der Waals surface area contributed by atoms with Gasteiger partial charge in [-0.15, -0.1) is 0 Å². The highest BCUT2D eigenvalue weighted by atomic mass is 16.5. The molecular weight excluding hydrogens is 334 g/mol. The molecule has 1 fully saturated rings. The molecule has 1 aromatic carbocycles. The maximum absolute atomic E-state index is 12.8. The molecule has 0 spiro atoms. The Morgan fingerprint density at radius 2 is 2.00 bits per heavy atom. The highest BCUT2D eigenvalue weighted by Crippen LogP contribution is 2.31. The molecular formula is C19H23N3O4. The molecule has 0 aliphatic carbocycles. The number of methoxy groups -OCH3 is 1. The second-order valence-electron chi connectivity index (χ2n) is 6.41. The normalized spacial score (nSPS) is 17.5. The van der Waals surface area contributed by atoms with E-state index in [1.54, 1.807) is 25.0 Å². The summed E-state index contributed by atoms with van der Waals surface area (Å²) in [7, 11) is 1.62. The van der Waals surface area contributed by atoms with E-state index >= 15 is 0 Å². The number of ether oxygens (including phenoxy) is 1. The number of aryl methyl sites for hydroxylation is 1. The first-order chi connectivity index (χ1) is 12.6. The third-order valence-electron chi connectivity index (χ3n) is 4.58. The van der Waals surface area contributed by atoms with Crippen LogP contribution in [0, 0.1) is 6.92 Å². The Balaban J connectivity index is 1.78. The van der Waals surface area contributed by atoms with Gasteiger partial charge in [-0.3, -0.25) is 14.9 Å². The summed E-state index contributed by atoms with van der Waals surface area (Å²) in [5, 5.41) is 6.22. The lowest BCUT2D eigenvalue weighted by Crippen LogP contribution is -2.42. The number of aromatic nitrogens is 1. The fourth-order valence-electron chi connectivity index (χ4n) is 3.25. The van der Waals surface area contributed by atoms with Crippen LogP contribution >= 0.6 is 0 Å². The van der Waals surface area contributed by atoms with Gasteiger partial charge in [0, 0.05) is 12.6 Å². The number of carbonyl (C=O) groups is 2. The predicted molar refractivity (Wildman–Crippen MR) is 95.8 cm³/mol. The van der Waals surface area contributed by atoms with Crippen LogP contribution in [-0.4, -0.2) is 35.5 Å². The predicted octanol–water partition coefficient (Wildman–Crippen LogP) is 3.07. The van der Waals surface area contributed by atoms with Crippen LogP contribution in [0.15, 0.2) is 34.9 Å². The van der Waals surface area contributed by atoms with E-state index in [-0.39, 0.29) is 11.9 Å². The van der Waals surface area contributed by atoms with Crippen LogP contribution in [0.5, 0.6) is 5.75 Å². The second kappa shape index (κ2) is 8.03. The van der Waals surface area contributed by atoms with E-state index in [2.05, 4.69) is 10.5 Å². The average Bonchev–Trinajstić information content (AvgIpc) is 2.92. The number of hydrogen-bond acceptors (Lipinski definition) is 5. The van der Waals surface area contributed by atoms with Gasteiger partial charge in [0.05, 0.1) is 13.2 Å². The number of anilines is 1. The number of rotatable bonds is 3. The molecule has 7 nitrogen and oxygen atoms in total. The van der Waals surface area contributed by atoms with Crippen LogP contribution in [0.4, 0.5) is 5.82 Å². The van der Waals surface area contributed by atoms with Crippen molar-refractivity contribution in [3.05, 3.63) is 41.7 Å². The molecule has 1 saturated heterocycles. The lowest BCUT2D eigenvalue weighted by Gasteiger charge is -2.30. The van der Waals surface area contributed by atoms with E-state index in [1.807, 2.05) is 24.3 Å². The molecule has 1 aliphatic heterocycles. The van der Waals surface area contributed by atoms with Gasteiger partial charge in [0.15, 0.2) is 5.82 Å². The smallest absolute Gasteiger partial charge is 0.315 e. The molecule has 3 rings (SSSR count). The van der Waals surface area contributed by atoms with Gasteiger partial charge in [-0.2, -0.15) is 0 Å². The zero-order valence-corrected chi connectivity index (χ0v) is 15.0. The van der Waals surface area contributed by atoms with Crippen LogP contribution in [0.3, 0.4) is 0 Å². The summed E-state index contributed by atoms with van der Waals surface area (Å²) in [4.78, 5) is 26.9. The summed E-state index contributed by atoms with van der Waals surface area (Å²) in [5.41, 5.74) is 1.01. The lowest BCUT2D eigenvalue weighted by atomic mass is 10.0. The minimum atomic E-state index is -0.696. The zero-order chi connectivity index (χ0) is 18.5. The first-order valence-electron chi connectivity index (χ1n) is 8.77. The number of nitrogens with zero attached hydrogens (tertiary/aromatic N) is 2. The Morgan fingerprint density at radius 1 is 1.23 bits per heavy atom. The Kier molecular flexibility index (Phi) is 5.55. The number of carbonyl (C=O) groups excluding carboxylic acids is 2. The maximum atomic E-state index is 12.8. The van der Waals surface area contributed by atoms with Crippen molar-refractivity contribution in [1.29, 1.82) is 0 Å².